The molecule has 0 amide bonds. The van der Waals surface area contributed by atoms with Crippen molar-refractivity contribution >= 4 is 23.3 Å². The summed E-state index contributed by atoms with van der Waals surface area (Å²) in [6.07, 6.45) is 1.65. The molecule has 1 heterocycles. The predicted molar refractivity (Wildman–Crippen MR) is 108 cm³/mol. The first-order valence-corrected chi connectivity index (χ1v) is 8.82. The molecule has 2 aliphatic rings. The first-order valence-electron chi connectivity index (χ1n) is 8.82. The van der Waals surface area contributed by atoms with Gasteiger partial charge in [0.2, 0.25) is 11.5 Å². The maximum Gasteiger partial charge on any atom is 0.219 e. The highest BCUT2D eigenvalue weighted by Crippen LogP contribution is 2.35. The van der Waals surface area contributed by atoms with Crippen LogP contribution in [0.3, 0.4) is 0 Å². The number of nitrogens with two attached hydrogens (primary N) is 1. The fraction of sp³-hybridized carbons (Fsp3) is 0.200. The SMILES string of the molecule is COc1cccc(C2(C(=N)NO)N=C(N)N=C2N=C2CCc3ccccc32)c1. The fourth-order valence-electron chi connectivity index (χ4n) is 3.63. The summed E-state index contributed by atoms with van der Waals surface area (Å²) in [6.45, 7) is 0. The van der Waals surface area contributed by atoms with Crippen LogP contribution in [0.25, 0.3) is 0 Å². The van der Waals surface area contributed by atoms with Gasteiger partial charge in [-0.05, 0) is 41.7 Å². The number of hydroxylamine groups is 1. The molecule has 8 heteroatoms. The van der Waals surface area contributed by atoms with Crippen LogP contribution in [-0.4, -0.2) is 35.7 Å². The number of fused-ring (bicyclic) bond motifs is 1. The molecule has 4 rings (SSSR count). The number of aliphatic imine (C=N–C) groups is 3. The molecule has 8 nitrogen and oxygen atoms in total. The highest BCUT2D eigenvalue weighted by atomic mass is 16.5. The van der Waals surface area contributed by atoms with E-state index in [1.807, 2.05) is 23.7 Å². The number of hydrogen-bond donors (Lipinski definition) is 4. The number of benzene rings is 2. The molecule has 2 aromatic rings. The molecular formula is C20H20N6O2. The van der Waals surface area contributed by atoms with E-state index in [2.05, 4.69) is 16.1 Å². The highest BCUT2D eigenvalue weighted by molar-refractivity contribution is 6.24. The van der Waals surface area contributed by atoms with E-state index in [0.29, 0.717) is 11.3 Å². The van der Waals surface area contributed by atoms with E-state index in [0.717, 1.165) is 24.1 Å². The van der Waals surface area contributed by atoms with Crippen LogP contribution < -0.4 is 16.0 Å². The Bertz CT molecular complexity index is 1040. The lowest BCUT2D eigenvalue weighted by molar-refractivity contribution is 0.227. The molecule has 1 aliphatic carbocycles. The largest absolute Gasteiger partial charge is 0.497 e. The van der Waals surface area contributed by atoms with Crippen molar-refractivity contribution in [1.82, 2.24) is 5.48 Å². The number of nitrogens with zero attached hydrogens (tertiary/aromatic N) is 3. The minimum Gasteiger partial charge on any atom is -0.497 e. The van der Waals surface area contributed by atoms with Crippen molar-refractivity contribution in [3.8, 4) is 5.75 Å². The third kappa shape index (κ3) is 2.74. The zero-order valence-electron chi connectivity index (χ0n) is 15.3. The lowest BCUT2D eigenvalue weighted by Crippen LogP contribution is -2.46. The van der Waals surface area contributed by atoms with Crippen LogP contribution in [0.5, 0.6) is 5.75 Å². The molecule has 1 atom stereocenters. The number of guanidine groups is 1. The first-order chi connectivity index (χ1) is 13.6. The Hall–Kier alpha value is -3.52. The number of amidine groups is 2. The summed E-state index contributed by atoms with van der Waals surface area (Å²) in [5.74, 6) is 0.516. The van der Waals surface area contributed by atoms with Crippen molar-refractivity contribution in [2.45, 2.75) is 18.4 Å². The summed E-state index contributed by atoms with van der Waals surface area (Å²) in [6, 6.07) is 15.1. The van der Waals surface area contributed by atoms with E-state index in [9.17, 15) is 5.21 Å². The Morgan fingerprint density at radius 2 is 2.07 bits per heavy atom. The van der Waals surface area contributed by atoms with Crippen molar-refractivity contribution in [2.24, 2.45) is 20.7 Å². The first kappa shape index (κ1) is 17.9. The Balaban J connectivity index is 1.87. The number of ether oxygens (including phenoxy) is 1. The summed E-state index contributed by atoms with van der Waals surface area (Å²) in [5, 5.41) is 17.9. The summed E-state index contributed by atoms with van der Waals surface area (Å²) in [5.41, 5.74) is 10.1. The van der Waals surface area contributed by atoms with E-state index in [-0.39, 0.29) is 17.6 Å². The van der Waals surface area contributed by atoms with Crippen LogP contribution in [-0.2, 0) is 12.0 Å². The van der Waals surface area contributed by atoms with Crippen LogP contribution >= 0.6 is 0 Å². The van der Waals surface area contributed by atoms with Gasteiger partial charge < -0.3 is 10.5 Å². The summed E-state index contributed by atoms with van der Waals surface area (Å²) < 4.78 is 5.31. The summed E-state index contributed by atoms with van der Waals surface area (Å²) in [7, 11) is 1.55. The van der Waals surface area contributed by atoms with Crippen LogP contribution in [0.2, 0.25) is 0 Å². The zero-order chi connectivity index (χ0) is 19.7. The minimum absolute atomic E-state index is 0.00606. The smallest absolute Gasteiger partial charge is 0.219 e. The van der Waals surface area contributed by atoms with Gasteiger partial charge in [0.05, 0.1) is 12.8 Å². The number of hydrogen-bond acceptors (Lipinski definition) is 7. The van der Waals surface area contributed by atoms with Crippen molar-refractivity contribution in [3.63, 3.8) is 0 Å². The Labute approximate surface area is 162 Å². The molecule has 142 valence electrons. The number of methoxy groups -OCH3 is 1. The van der Waals surface area contributed by atoms with Gasteiger partial charge in [0.25, 0.3) is 0 Å². The number of nitrogens with one attached hydrogen (secondary N) is 2. The lowest BCUT2D eigenvalue weighted by Gasteiger charge is -2.26. The van der Waals surface area contributed by atoms with Crippen LogP contribution in [0.1, 0.15) is 23.1 Å². The highest BCUT2D eigenvalue weighted by Gasteiger charge is 2.47. The lowest BCUT2D eigenvalue weighted by atomic mass is 9.88. The van der Waals surface area contributed by atoms with Gasteiger partial charge in [0.1, 0.15) is 5.75 Å². The average Bonchev–Trinajstić information content (AvgIpc) is 3.29. The molecule has 1 aliphatic heterocycles. The molecule has 0 saturated heterocycles. The number of aryl methyl sites for hydroxylation is 1. The van der Waals surface area contributed by atoms with Crippen molar-refractivity contribution in [3.05, 3.63) is 65.2 Å². The molecule has 0 fully saturated rings. The standard InChI is InChI=1S/C20H20N6O2/c1-28-14-7-4-6-13(11-14)20(17(21)26-27)18(24-19(22)25-20)23-16-10-9-12-5-2-3-8-15(12)16/h2-8,11,27H,9-10H2,1H3,(H2,21,26)(H2,22,25). The molecular weight excluding hydrogens is 356 g/mol. The molecule has 1 unspecified atom stereocenters. The van der Waals surface area contributed by atoms with Crippen LogP contribution in [0, 0.1) is 5.41 Å². The monoisotopic (exact) mass is 376 g/mol. The molecule has 0 saturated carbocycles. The van der Waals surface area contributed by atoms with E-state index in [1.165, 1.54) is 5.56 Å². The van der Waals surface area contributed by atoms with Crippen LogP contribution in [0.4, 0.5) is 0 Å². The summed E-state index contributed by atoms with van der Waals surface area (Å²) >= 11 is 0. The van der Waals surface area contributed by atoms with Gasteiger partial charge in [0, 0.05) is 0 Å². The van der Waals surface area contributed by atoms with Crippen molar-refractivity contribution in [2.75, 3.05) is 7.11 Å². The van der Waals surface area contributed by atoms with E-state index in [1.54, 1.807) is 31.4 Å². The molecule has 0 bridgehead atoms. The molecule has 0 spiro atoms. The van der Waals surface area contributed by atoms with Gasteiger partial charge in [-0.2, -0.15) is 4.99 Å². The normalized spacial score (nSPS) is 21.9. The zero-order valence-corrected chi connectivity index (χ0v) is 15.3. The second kappa shape index (κ2) is 6.90. The van der Waals surface area contributed by atoms with Gasteiger partial charge in [-0.3, -0.25) is 16.1 Å². The maximum absolute atomic E-state index is 9.55. The van der Waals surface area contributed by atoms with Crippen molar-refractivity contribution in [1.29, 1.82) is 5.41 Å². The van der Waals surface area contributed by atoms with Gasteiger partial charge in [-0.15, -0.1) is 0 Å². The Morgan fingerprint density at radius 1 is 1.25 bits per heavy atom. The van der Waals surface area contributed by atoms with E-state index < -0.39 is 5.54 Å². The van der Waals surface area contributed by atoms with Gasteiger partial charge >= 0.3 is 0 Å². The molecule has 0 aromatic heterocycles. The topological polar surface area (TPSA) is 128 Å². The Kier molecular flexibility index (Phi) is 4.40. The van der Waals surface area contributed by atoms with Gasteiger partial charge in [-0.25, -0.2) is 9.98 Å². The molecule has 2 aromatic carbocycles. The van der Waals surface area contributed by atoms with Crippen molar-refractivity contribution < 1.29 is 9.94 Å². The van der Waals surface area contributed by atoms with E-state index in [4.69, 9.17) is 20.9 Å². The number of rotatable bonds is 3. The van der Waals surface area contributed by atoms with E-state index >= 15 is 0 Å². The molecule has 5 N–H and O–H groups in total. The van der Waals surface area contributed by atoms with Gasteiger partial charge in [-0.1, -0.05) is 36.4 Å². The predicted octanol–water partition coefficient (Wildman–Crippen LogP) is 2.01. The average molecular weight is 376 g/mol. The molecule has 28 heavy (non-hydrogen) atoms. The fourth-order valence-corrected chi connectivity index (χ4v) is 3.63. The summed E-state index contributed by atoms with van der Waals surface area (Å²) in [4.78, 5) is 13.5. The van der Waals surface area contributed by atoms with Crippen LogP contribution in [0.15, 0.2) is 63.5 Å². The second-order valence-corrected chi connectivity index (χ2v) is 6.55. The maximum atomic E-state index is 9.55. The quantitative estimate of drug-likeness (QED) is 0.371. The third-order valence-corrected chi connectivity index (χ3v) is 4.99. The second-order valence-electron chi connectivity index (χ2n) is 6.55. The van der Waals surface area contributed by atoms with Gasteiger partial charge in [0.15, 0.2) is 11.7 Å². The Morgan fingerprint density at radius 3 is 2.86 bits per heavy atom. The minimum atomic E-state index is -1.47. The molecule has 0 radical (unpaired) electrons. The third-order valence-electron chi connectivity index (χ3n) is 4.99.